The van der Waals surface area contributed by atoms with Crippen molar-refractivity contribution in [1.29, 1.82) is 0 Å². The van der Waals surface area contributed by atoms with Gasteiger partial charge in [0.2, 0.25) is 0 Å². The molecule has 25 heavy (non-hydrogen) atoms. The van der Waals surface area contributed by atoms with Crippen LogP contribution in [0.1, 0.15) is 21.5 Å². The third kappa shape index (κ3) is 5.39. The van der Waals surface area contributed by atoms with E-state index < -0.39 is 18.5 Å². The Morgan fingerprint density at radius 2 is 1.76 bits per heavy atom. The van der Waals surface area contributed by atoms with Crippen LogP contribution >= 0.6 is 0 Å². The van der Waals surface area contributed by atoms with E-state index in [9.17, 15) is 14.0 Å². The summed E-state index contributed by atoms with van der Waals surface area (Å²) in [6, 6.07) is 13.0. The molecule has 0 radical (unpaired) electrons. The Kier molecular flexibility index (Phi) is 6.65. The van der Waals surface area contributed by atoms with Gasteiger partial charge < -0.3 is 14.4 Å². The Balaban J connectivity index is 1.86. The Hall–Kier alpha value is -2.73. The molecule has 0 aromatic heterocycles. The number of halogens is 1. The summed E-state index contributed by atoms with van der Waals surface area (Å²) in [6.07, 6.45) is 0. The first-order valence-electron chi connectivity index (χ1n) is 7.73. The second kappa shape index (κ2) is 8.94. The van der Waals surface area contributed by atoms with Crippen molar-refractivity contribution >= 4 is 11.9 Å². The van der Waals surface area contributed by atoms with Crippen molar-refractivity contribution in [2.24, 2.45) is 0 Å². The average Bonchev–Trinajstić information content (AvgIpc) is 2.62. The molecule has 0 aliphatic rings. The lowest BCUT2D eigenvalue weighted by Crippen LogP contribution is -2.31. The highest BCUT2D eigenvalue weighted by Crippen LogP contribution is 2.10. The van der Waals surface area contributed by atoms with Crippen molar-refractivity contribution < 1.29 is 23.5 Å². The van der Waals surface area contributed by atoms with Crippen LogP contribution in [0, 0.1) is 5.82 Å². The van der Waals surface area contributed by atoms with E-state index >= 15 is 0 Å². The summed E-state index contributed by atoms with van der Waals surface area (Å²) in [4.78, 5) is 25.3. The molecule has 0 heterocycles. The smallest absolute Gasteiger partial charge is 0.338 e. The van der Waals surface area contributed by atoms with Crippen LogP contribution in [-0.2, 0) is 27.4 Å². The monoisotopic (exact) mass is 345 g/mol. The van der Waals surface area contributed by atoms with Crippen LogP contribution < -0.4 is 0 Å². The second-order valence-electron chi connectivity index (χ2n) is 5.55. The van der Waals surface area contributed by atoms with E-state index in [0.717, 1.165) is 5.56 Å². The van der Waals surface area contributed by atoms with E-state index in [1.165, 1.54) is 18.0 Å². The molecule has 0 saturated heterocycles. The van der Waals surface area contributed by atoms with Crippen LogP contribution in [0.15, 0.2) is 48.5 Å². The molecule has 6 heteroatoms. The lowest BCUT2D eigenvalue weighted by Gasteiger charge is -2.17. The van der Waals surface area contributed by atoms with E-state index in [1.54, 1.807) is 49.6 Å². The normalized spacial score (nSPS) is 10.4. The Bertz CT molecular complexity index is 730. The van der Waals surface area contributed by atoms with Gasteiger partial charge in [0.05, 0.1) is 12.2 Å². The summed E-state index contributed by atoms with van der Waals surface area (Å²) >= 11 is 0. The first-order chi connectivity index (χ1) is 12.0. The minimum atomic E-state index is -0.586. The fraction of sp³-hybridized carbons (Fsp3) is 0.263. The van der Waals surface area contributed by atoms with E-state index in [1.807, 2.05) is 0 Å². The van der Waals surface area contributed by atoms with Gasteiger partial charge in [-0.15, -0.1) is 0 Å². The summed E-state index contributed by atoms with van der Waals surface area (Å²) in [5.74, 6) is -1.38. The van der Waals surface area contributed by atoms with Crippen molar-refractivity contribution in [3.8, 4) is 0 Å². The van der Waals surface area contributed by atoms with Gasteiger partial charge in [-0.3, -0.25) is 4.79 Å². The van der Waals surface area contributed by atoms with Gasteiger partial charge in [-0.1, -0.05) is 30.3 Å². The fourth-order valence-corrected chi connectivity index (χ4v) is 2.19. The van der Waals surface area contributed by atoms with Gasteiger partial charge in [0.15, 0.2) is 6.61 Å². The molecule has 0 N–H and O–H groups in total. The highest BCUT2D eigenvalue weighted by atomic mass is 19.1. The summed E-state index contributed by atoms with van der Waals surface area (Å²) in [5, 5.41) is 0. The third-order valence-corrected chi connectivity index (χ3v) is 3.62. The Morgan fingerprint density at radius 1 is 1.08 bits per heavy atom. The minimum absolute atomic E-state index is 0.106. The van der Waals surface area contributed by atoms with Crippen molar-refractivity contribution in [2.75, 3.05) is 20.8 Å². The Labute approximate surface area is 146 Å². The van der Waals surface area contributed by atoms with Crippen LogP contribution in [0.3, 0.4) is 0 Å². The van der Waals surface area contributed by atoms with Gasteiger partial charge in [-0.2, -0.15) is 0 Å². The minimum Gasteiger partial charge on any atom is -0.452 e. The van der Waals surface area contributed by atoms with Crippen molar-refractivity contribution in [3.63, 3.8) is 0 Å². The van der Waals surface area contributed by atoms with E-state index in [4.69, 9.17) is 9.47 Å². The van der Waals surface area contributed by atoms with Gasteiger partial charge in [0.1, 0.15) is 5.82 Å². The molecule has 132 valence electrons. The molecule has 1 amide bonds. The maximum atomic E-state index is 13.6. The van der Waals surface area contributed by atoms with Gasteiger partial charge in [0, 0.05) is 26.3 Å². The molecule has 2 rings (SSSR count). The molecular weight excluding hydrogens is 325 g/mol. The molecule has 0 atom stereocenters. The molecule has 5 nitrogen and oxygen atoms in total. The van der Waals surface area contributed by atoms with Crippen LogP contribution in [0.4, 0.5) is 4.39 Å². The number of methoxy groups -OCH3 is 1. The number of ether oxygens (including phenoxy) is 2. The number of benzene rings is 2. The highest BCUT2D eigenvalue weighted by Gasteiger charge is 2.15. The number of nitrogens with zero attached hydrogens (tertiary/aromatic N) is 1. The number of esters is 1. The number of carbonyl (C=O) groups is 2. The molecule has 0 unspecified atom stereocenters. The van der Waals surface area contributed by atoms with Crippen LogP contribution in [0.2, 0.25) is 0 Å². The molecule has 0 saturated carbocycles. The van der Waals surface area contributed by atoms with Crippen molar-refractivity contribution in [2.45, 2.75) is 13.2 Å². The van der Waals surface area contributed by atoms with Crippen LogP contribution in [0.25, 0.3) is 0 Å². The maximum Gasteiger partial charge on any atom is 0.338 e. The first-order valence-corrected chi connectivity index (χ1v) is 7.73. The lowest BCUT2D eigenvalue weighted by atomic mass is 10.1. The van der Waals surface area contributed by atoms with E-state index in [0.29, 0.717) is 17.7 Å². The van der Waals surface area contributed by atoms with Crippen molar-refractivity contribution in [3.05, 3.63) is 71.0 Å². The Morgan fingerprint density at radius 3 is 2.40 bits per heavy atom. The summed E-state index contributed by atoms with van der Waals surface area (Å²) in [7, 11) is 3.12. The number of hydrogen-bond acceptors (Lipinski definition) is 4. The molecule has 0 aliphatic carbocycles. The topological polar surface area (TPSA) is 55.8 Å². The summed E-state index contributed by atoms with van der Waals surface area (Å²) in [6.45, 7) is 0.160. The molecular formula is C19H20FNO4. The SMILES string of the molecule is COCc1ccc(C(=O)OCC(=O)N(C)Cc2ccccc2F)cc1. The standard InChI is InChI=1S/C19H20FNO4/c1-21(11-16-5-3-4-6-17(16)20)18(22)13-25-19(23)15-9-7-14(8-10-15)12-24-2/h3-10H,11-13H2,1-2H3. The number of carbonyl (C=O) groups excluding carboxylic acids is 2. The van der Waals surface area contributed by atoms with E-state index in [-0.39, 0.29) is 12.4 Å². The number of rotatable bonds is 7. The average molecular weight is 345 g/mol. The third-order valence-electron chi connectivity index (χ3n) is 3.62. The van der Waals surface area contributed by atoms with Crippen LogP contribution in [-0.4, -0.2) is 37.5 Å². The first kappa shape index (κ1) is 18.6. The maximum absolute atomic E-state index is 13.6. The zero-order valence-electron chi connectivity index (χ0n) is 14.2. The second-order valence-corrected chi connectivity index (χ2v) is 5.55. The zero-order valence-corrected chi connectivity index (χ0v) is 14.2. The molecule has 0 aliphatic heterocycles. The molecule has 2 aromatic carbocycles. The largest absolute Gasteiger partial charge is 0.452 e. The van der Waals surface area contributed by atoms with Gasteiger partial charge >= 0.3 is 5.97 Å². The highest BCUT2D eigenvalue weighted by molar-refractivity contribution is 5.91. The van der Waals surface area contributed by atoms with Gasteiger partial charge in [0.25, 0.3) is 5.91 Å². The number of likely N-dealkylation sites (N-methyl/N-ethyl adjacent to an activating group) is 1. The fourth-order valence-electron chi connectivity index (χ4n) is 2.19. The molecule has 2 aromatic rings. The van der Waals surface area contributed by atoms with Crippen molar-refractivity contribution in [1.82, 2.24) is 4.90 Å². The van der Waals surface area contributed by atoms with Crippen LogP contribution in [0.5, 0.6) is 0 Å². The molecule has 0 bridgehead atoms. The molecule has 0 spiro atoms. The number of amides is 1. The number of hydrogen-bond donors (Lipinski definition) is 0. The van der Waals surface area contributed by atoms with Gasteiger partial charge in [-0.05, 0) is 23.8 Å². The zero-order chi connectivity index (χ0) is 18.2. The summed E-state index contributed by atoms with van der Waals surface area (Å²) in [5.41, 5.74) is 1.68. The van der Waals surface area contributed by atoms with E-state index in [2.05, 4.69) is 0 Å². The summed E-state index contributed by atoms with van der Waals surface area (Å²) < 4.78 is 23.6. The molecule has 0 fully saturated rings. The predicted molar refractivity (Wildman–Crippen MR) is 90.3 cm³/mol. The quantitative estimate of drug-likeness (QED) is 0.724. The van der Waals surface area contributed by atoms with Gasteiger partial charge in [-0.25, -0.2) is 9.18 Å². The lowest BCUT2D eigenvalue weighted by molar-refractivity contribution is -0.133. The predicted octanol–water partition coefficient (Wildman–Crippen LogP) is 2.79.